The van der Waals surface area contributed by atoms with Crippen molar-refractivity contribution in [3.63, 3.8) is 0 Å². The van der Waals surface area contributed by atoms with Crippen LogP contribution in [0.2, 0.25) is 0 Å². The standard InChI is InChI=1S/C19H19NO4/c1-2-3-12-23-15-10-8-14(9-11-15)13-20-17-7-5-4-6-16(17)18(21)24-19(20)22/h4-11H,2-3,12-13H2,1H3. The van der Waals surface area contributed by atoms with Gasteiger partial charge in [0, 0.05) is 0 Å². The van der Waals surface area contributed by atoms with Crippen LogP contribution in [0.4, 0.5) is 0 Å². The molecule has 24 heavy (non-hydrogen) atoms. The van der Waals surface area contributed by atoms with Crippen LogP contribution in [0.15, 0.2) is 62.5 Å². The summed E-state index contributed by atoms with van der Waals surface area (Å²) in [5.74, 6) is 0.158. The molecule has 0 atom stereocenters. The number of ether oxygens (including phenoxy) is 1. The number of rotatable bonds is 6. The fraction of sp³-hybridized carbons (Fsp3) is 0.263. The van der Waals surface area contributed by atoms with Gasteiger partial charge in [0.05, 0.1) is 24.1 Å². The van der Waals surface area contributed by atoms with Gasteiger partial charge in [-0.25, -0.2) is 9.59 Å². The molecule has 124 valence electrons. The average molecular weight is 325 g/mol. The van der Waals surface area contributed by atoms with Crippen LogP contribution in [0.5, 0.6) is 5.75 Å². The Morgan fingerprint density at radius 3 is 2.54 bits per heavy atom. The summed E-state index contributed by atoms with van der Waals surface area (Å²) in [7, 11) is 0. The van der Waals surface area contributed by atoms with E-state index in [1.54, 1.807) is 24.3 Å². The predicted molar refractivity (Wildman–Crippen MR) is 92.7 cm³/mol. The summed E-state index contributed by atoms with van der Waals surface area (Å²) in [4.78, 5) is 23.8. The van der Waals surface area contributed by atoms with Crippen LogP contribution in [0.3, 0.4) is 0 Å². The first kappa shape index (κ1) is 16.1. The van der Waals surface area contributed by atoms with Crippen LogP contribution >= 0.6 is 0 Å². The third kappa shape index (κ3) is 3.40. The lowest BCUT2D eigenvalue weighted by atomic mass is 10.2. The Morgan fingerprint density at radius 1 is 1.04 bits per heavy atom. The van der Waals surface area contributed by atoms with Crippen molar-refractivity contribution >= 4 is 10.9 Å². The van der Waals surface area contributed by atoms with Gasteiger partial charge in [-0.05, 0) is 36.2 Å². The van der Waals surface area contributed by atoms with E-state index >= 15 is 0 Å². The Labute approximate surface area is 139 Å². The maximum Gasteiger partial charge on any atom is 0.422 e. The van der Waals surface area contributed by atoms with Crippen molar-refractivity contribution in [1.29, 1.82) is 0 Å². The topological polar surface area (TPSA) is 61.4 Å². The molecule has 0 aliphatic heterocycles. The third-order valence-corrected chi connectivity index (χ3v) is 3.85. The van der Waals surface area contributed by atoms with Crippen molar-refractivity contribution in [3.05, 3.63) is 75.1 Å². The summed E-state index contributed by atoms with van der Waals surface area (Å²) in [5, 5.41) is 0.400. The van der Waals surface area contributed by atoms with E-state index in [-0.39, 0.29) is 0 Å². The molecule has 0 spiro atoms. The average Bonchev–Trinajstić information content (AvgIpc) is 2.60. The zero-order valence-electron chi connectivity index (χ0n) is 13.5. The molecule has 1 heterocycles. The minimum atomic E-state index is -0.651. The van der Waals surface area contributed by atoms with Crippen LogP contribution < -0.4 is 16.1 Å². The molecule has 0 amide bonds. The fourth-order valence-corrected chi connectivity index (χ4v) is 2.53. The molecule has 0 bridgehead atoms. The van der Waals surface area contributed by atoms with Gasteiger partial charge in [-0.3, -0.25) is 4.57 Å². The number of benzene rings is 2. The molecule has 0 saturated heterocycles. The number of aromatic nitrogens is 1. The van der Waals surface area contributed by atoms with E-state index in [0.29, 0.717) is 24.1 Å². The van der Waals surface area contributed by atoms with Crippen LogP contribution in [-0.2, 0) is 6.54 Å². The smallest absolute Gasteiger partial charge is 0.422 e. The quantitative estimate of drug-likeness (QED) is 0.653. The molecule has 3 aromatic rings. The number of fused-ring (bicyclic) bond motifs is 1. The normalized spacial score (nSPS) is 10.9. The Bertz CT molecular complexity index is 938. The second-order valence-corrected chi connectivity index (χ2v) is 5.60. The van der Waals surface area contributed by atoms with Crippen molar-refractivity contribution in [2.45, 2.75) is 26.3 Å². The summed E-state index contributed by atoms with van der Waals surface area (Å²) in [6.45, 7) is 3.15. The molecule has 3 rings (SSSR count). The van der Waals surface area contributed by atoms with Gasteiger partial charge in [0.1, 0.15) is 5.75 Å². The van der Waals surface area contributed by atoms with Crippen LogP contribution in [0.1, 0.15) is 25.3 Å². The lowest BCUT2D eigenvalue weighted by Gasteiger charge is -2.10. The van der Waals surface area contributed by atoms with E-state index in [0.717, 1.165) is 24.2 Å². The van der Waals surface area contributed by atoms with Crippen LogP contribution in [-0.4, -0.2) is 11.2 Å². The maximum absolute atomic E-state index is 12.1. The van der Waals surface area contributed by atoms with E-state index in [2.05, 4.69) is 6.92 Å². The van der Waals surface area contributed by atoms with Crippen molar-refractivity contribution in [2.75, 3.05) is 6.61 Å². The Balaban J connectivity index is 1.88. The lowest BCUT2D eigenvalue weighted by molar-refractivity contribution is 0.309. The van der Waals surface area contributed by atoms with E-state index in [1.807, 2.05) is 24.3 Å². The van der Waals surface area contributed by atoms with Gasteiger partial charge < -0.3 is 9.15 Å². The monoisotopic (exact) mass is 325 g/mol. The van der Waals surface area contributed by atoms with Crippen molar-refractivity contribution < 1.29 is 9.15 Å². The number of unbranched alkanes of at least 4 members (excludes halogenated alkanes) is 1. The summed E-state index contributed by atoms with van der Waals surface area (Å²) in [6.07, 6.45) is 2.11. The largest absolute Gasteiger partial charge is 0.494 e. The molecule has 0 N–H and O–H groups in total. The minimum absolute atomic E-state index is 0.332. The van der Waals surface area contributed by atoms with E-state index in [4.69, 9.17) is 9.15 Å². The molecular formula is C19H19NO4. The third-order valence-electron chi connectivity index (χ3n) is 3.85. The number of hydrogen-bond donors (Lipinski definition) is 0. The van der Waals surface area contributed by atoms with Crippen molar-refractivity contribution in [2.24, 2.45) is 0 Å². The Morgan fingerprint density at radius 2 is 1.79 bits per heavy atom. The summed E-state index contributed by atoms with van der Waals surface area (Å²) >= 11 is 0. The second-order valence-electron chi connectivity index (χ2n) is 5.60. The number of para-hydroxylation sites is 1. The fourth-order valence-electron chi connectivity index (χ4n) is 2.53. The van der Waals surface area contributed by atoms with Crippen molar-refractivity contribution in [1.82, 2.24) is 4.57 Å². The van der Waals surface area contributed by atoms with Gasteiger partial charge in [0.25, 0.3) is 0 Å². The zero-order valence-corrected chi connectivity index (χ0v) is 13.5. The summed E-state index contributed by atoms with van der Waals surface area (Å²) in [5.41, 5.74) is 0.896. The first-order valence-corrected chi connectivity index (χ1v) is 8.03. The van der Waals surface area contributed by atoms with Gasteiger partial charge in [-0.1, -0.05) is 37.6 Å². The molecule has 0 saturated carbocycles. The van der Waals surface area contributed by atoms with Gasteiger partial charge in [-0.2, -0.15) is 0 Å². The molecule has 0 fully saturated rings. The minimum Gasteiger partial charge on any atom is -0.494 e. The van der Waals surface area contributed by atoms with E-state index in [9.17, 15) is 9.59 Å². The number of nitrogens with zero attached hydrogens (tertiary/aromatic N) is 1. The SMILES string of the molecule is CCCCOc1ccc(Cn2c(=O)oc(=O)c3ccccc32)cc1. The van der Waals surface area contributed by atoms with Crippen LogP contribution in [0.25, 0.3) is 10.9 Å². The van der Waals surface area contributed by atoms with E-state index < -0.39 is 11.4 Å². The van der Waals surface area contributed by atoms with Crippen LogP contribution in [0, 0.1) is 0 Å². The molecule has 5 heteroatoms. The van der Waals surface area contributed by atoms with Crippen molar-refractivity contribution in [3.8, 4) is 5.75 Å². The highest BCUT2D eigenvalue weighted by Crippen LogP contribution is 2.15. The molecule has 0 aliphatic rings. The Hall–Kier alpha value is -2.82. The molecule has 0 radical (unpaired) electrons. The molecule has 5 nitrogen and oxygen atoms in total. The highest BCUT2D eigenvalue weighted by Gasteiger charge is 2.09. The number of hydrogen-bond acceptors (Lipinski definition) is 4. The maximum atomic E-state index is 12.1. The van der Waals surface area contributed by atoms with E-state index in [1.165, 1.54) is 4.57 Å². The predicted octanol–water partition coefficient (Wildman–Crippen LogP) is 3.18. The lowest BCUT2D eigenvalue weighted by Crippen LogP contribution is -2.25. The highest BCUT2D eigenvalue weighted by molar-refractivity contribution is 5.77. The van der Waals surface area contributed by atoms with Gasteiger partial charge in [0.15, 0.2) is 0 Å². The molecule has 0 unspecified atom stereocenters. The first-order valence-electron chi connectivity index (χ1n) is 8.03. The summed E-state index contributed by atoms with van der Waals surface area (Å²) < 4.78 is 11.9. The molecule has 2 aromatic carbocycles. The highest BCUT2D eigenvalue weighted by atomic mass is 16.5. The van der Waals surface area contributed by atoms with Gasteiger partial charge in [0.2, 0.25) is 0 Å². The second kappa shape index (κ2) is 7.17. The van der Waals surface area contributed by atoms with Gasteiger partial charge in [-0.15, -0.1) is 0 Å². The Kier molecular flexibility index (Phi) is 4.79. The molecule has 1 aromatic heterocycles. The summed E-state index contributed by atoms with van der Waals surface area (Å²) in [6, 6.07) is 14.5. The first-order chi connectivity index (χ1) is 11.7. The zero-order chi connectivity index (χ0) is 16.9. The van der Waals surface area contributed by atoms with Gasteiger partial charge >= 0.3 is 11.4 Å². The molecule has 0 aliphatic carbocycles. The molecular weight excluding hydrogens is 306 g/mol.